The predicted octanol–water partition coefficient (Wildman–Crippen LogP) is 1.64. The third-order valence-corrected chi connectivity index (χ3v) is 3.80. The van der Waals surface area contributed by atoms with Gasteiger partial charge in [-0.3, -0.25) is 9.69 Å². The summed E-state index contributed by atoms with van der Waals surface area (Å²) in [6.45, 7) is 4.07. The molecule has 2 rings (SSSR count). The van der Waals surface area contributed by atoms with Crippen LogP contribution in [0.2, 0.25) is 0 Å². The number of carbonyl (C=O) groups excluding carboxylic acids is 1. The minimum Gasteiger partial charge on any atom is -0.351 e. The first-order valence-electron chi connectivity index (χ1n) is 7.55. The summed E-state index contributed by atoms with van der Waals surface area (Å²) < 4.78 is 0. The van der Waals surface area contributed by atoms with Crippen molar-refractivity contribution < 1.29 is 4.79 Å². The van der Waals surface area contributed by atoms with Gasteiger partial charge in [0.15, 0.2) is 0 Å². The standard InChI is InChI=1S/C16H25N3O/c17-11-16(20)18-12-14-5-7-15(8-6-14)13-19-9-3-1-2-4-10-19/h5-8H,1-4,9-13,17H2,(H,18,20). The van der Waals surface area contributed by atoms with Crippen LogP contribution < -0.4 is 11.1 Å². The number of rotatable bonds is 5. The smallest absolute Gasteiger partial charge is 0.234 e. The highest BCUT2D eigenvalue weighted by atomic mass is 16.1. The lowest BCUT2D eigenvalue weighted by molar-refractivity contribution is -0.119. The fourth-order valence-electron chi connectivity index (χ4n) is 2.59. The molecule has 4 heteroatoms. The van der Waals surface area contributed by atoms with Crippen molar-refractivity contribution in [2.75, 3.05) is 19.6 Å². The Morgan fingerprint density at radius 3 is 2.25 bits per heavy atom. The van der Waals surface area contributed by atoms with Crippen LogP contribution in [0.25, 0.3) is 0 Å². The minimum absolute atomic E-state index is 0.0487. The van der Waals surface area contributed by atoms with E-state index in [0.717, 1.165) is 12.1 Å². The molecule has 1 saturated heterocycles. The summed E-state index contributed by atoms with van der Waals surface area (Å²) in [5, 5.41) is 2.78. The molecule has 4 nitrogen and oxygen atoms in total. The first-order valence-corrected chi connectivity index (χ1v) is 7.55. The van der Waals surface area contributed by atoms with Crippen molar-refractivity contribution >= 4 is 5.91 Å². The minimum atomic E-state index is -0.112. The van der Waals surface area contributed by atoms with E-state index in [0.29, 0.717) is 6.54 Å². The van der Waals surface area contributed by atoms with Gasteiger partial charge >= 0.3 is 0 Å². The van der Waals surface area contributed by atoms with Gasteiger partial charge in [0, 0.05) is 13.1 Å². The fraction of sp³-hybridized carbons (Fsp3) is 0.562. The molecule has 3 N–H and O–H groups in total. The third kappa shape index (κ3) is 4.94. The van der Waals surface area contributed by atoms with E-state index in [1.165, 1.54) is 44.3 Å². The van der Waals surface area contributed by atoms with Crippen molar-refractivity contribution in [3.05, 3.63) is 35.4 Å². The Balaban J connectivity index is 1.82. The number of likely N-dealkylation sites (tertiary alicyclic amines) is 1. The zero-order chi connectivity index (χ0) is 14.2. The number of nitrogens with one attached hydrogen (secondary N) is 1. The Labute approximate surface area is 121 Å². The predicted molar refractivity (Wildman–Crippen MR) is 81.1 cm³/mol. The van der Waals surface area contributed by atoms with E-state index in [4.69, 9.17) is 5.73 Å². The maximum Gasteiger partial charge on any atom is 0.234 e. The normalized spacial score (nSPS) is 16.6. The highest BCUT2D eigenvalue weighted by molar-refractivity contribution is 5.77. The van der Waals surface area contributed by atoms with Crippen LogP contribution in [0, 0.1) is 0 Å². The number of benzene rings is 1. The second-order valence-electron chi connectivity index (χ2n) is 5.49. The maximum atomic E-state index is 11.1. The van der Waals surface area contributed by atoms with Gasteiger partial charge < -0.3 is 11.1 Å². The van der Waals surface area contributed by atoms with Crippen LogP contribution in [0.1, 0.15) is 36.8 Å². The van der Waals surface area contributed by atoms with Crippen molar-refractivity contribution in [2.45, 2.75) is 38.8 Å². The van der Waals surface area contributed by atoms with Gasteiger partial charge in [-0.25, -0.2) is 0 Å². The van der Waals surface area contributed by atoms with Gasteiger partial charge in [0.2, 0.25) is 5.91 Å². The lowest BCUT2D eigenvalue weighted by Gasteiger charge is -2.19. The average Bonchev–Trinajstić information content (AvgIpc) is 2.75. The van der Waals surface area contributed by atoms with Crippen molar-refractivity contribution in [3.63, 3.8) is 0 Å². The SMILES string of the molecule is NCC(=O)NCc1ccc(CN2CCCCCC2)cc1. The van der Waals surface area contributed by atoms with E-state index in [-0.39, 0.29) is 12.5 Å². The van der Waals surface area contributed by atoms with Gasteiger partial charge in [-0.2, -0.15) is 0 Å². The Hall–Kier alpha value is -1.39. The number of hydrogen-bond acceptors (Lipinski definition) is 3. The summed E-state index contributed by atoms with van der Waals surface area (Å²) in [7, 11) is 0. The third-order valence-electron chi connectivity index (χ3n) is 3.80. The molecule has 0 atom stereocenters. The second kappa shape index (κ2) is 8.02. The van der Waals surface area contributed by atoms with Gasteiger partial charge in [0.1, 0.15) is 0 Å². The highest BCUT2D eigenvalue weighted by Gasteiger charge is 2.09. The highest BCUT2D eigenvalue weighted by Crippen LogP contribution is 2.13. The topological polar surface area (TPSA) is 58.4 Å². The lowest BCUT2D eigenvalue weighted by Crippen LogP contribution is -2.29. The largest absolute Gasteiger partial charge is 0.351 e. The molecule has 1 aliphatic rings. The van der Waals surface area contributed by atoms with Crippen LogP contribution in [0.3, 0.4) is 0 Å². The van der Waals surface area contributed by atoms with E-state index >= 15 is 0 Å². The Bertz CT molecular complexity index is 408. The first-order chi connectivity index (χ1) is 9.78. The Morgan fingerprint density at radius 2 is 1.65 bits per heavy atom. The molecule has 0 saturated carbocycles. The van der Waals surface area contributed by atoms with Crippen molar-refractivity contribution in [1.82, 2.24) is 10.2 Å². The van der Waals surface area contributed by atoms with Crippen LogP contribution in [0.5, 0.6) is 0 Å². The second-order valence-corrected chi connectivity index (χ2v) is 5.49. The Morgan fingerprint density at radius 1 is 1.05 bits per heavy atom. The maximum absolute atomic E-state index is 11.1. The molecule has 0 aliphatic carbocycles. The molecule has 1 aliphatic heterocycles. The summed E-state index contributed by atoms with van der Waals surface area (Å²) in [6, 6.07) is 8.50. The molecule has 1 fully saturated rings. The summed E-state index contributed by atoms with van der Waals surface area (Å²) in [6.07, 6.45) is 5.39. The molecular formula is C16H25N3O. The molecule has 0 spiro atoms. The fourth-order valence-corrected chi connectivity index (χ4v) is 2.59. The zero-order valence-electron chi connectivity index (χ0n) is 12.1. The van der Waals surface area contributed by atoms with Crippen molar-refractivity contribution in [3.8, 4) is 0 Å². The number of nitrogens with zero attached hydrogens (tertiary/aromatic N) is 1. The van der Waals surface area contributed by atoms with E-state index in [2.05, 4.69) is 34.5 Å². The van der Waals surface area contributed by atoms with Gasteiger partial charge in [0.05, 0.1) is 6.54 Å². The quantitative estimate of drug-likeness (QED) is 0.859. The molecule has 1 aromatic carbocycles. The van der Waals surface area contributed by atoms with Crippen LogP contribution in [0.15, 0.2) is 24.3 Å². The molecule has 0 unspecified atom stereocenters. The van der Waals surface area contributed by atoms with Gasteiger partial charge in [-0.15, -0.1) is 0 Å². The number of amides is 1. The van der Waals surface area contributed by atoms with Crippen LogP contribution in [-0.2, 0) is 17.9 Å². The molecule has 110 valence electrons. The summed E-state index contributed by atoms with van der Waals surface area (Å²) in [5.74, 6) is -0.112. The zero-order valence-corrected chi connectivity index (χ0v) is 12.1. The van der Waals surface area contributed by atoms with E-state index in [1.54, 1.807) is 0 Å². The molecule has 0 bridgehead atoms. The lowest BCUT2D eigenvalue weighted by atomic mass is 10.1. The first kappa shape index (κ1) is 15.0. The number of nitrogens with two attached hydrogens (primary N) is 1. The molecule has 0 aromatic heterocycles. The molecule has 1 amide bonds. The van der Waals surface area contributed by atoms with E-state index < -0.39 is 0 Å². The van der Waals surface area contributed by atoms with Crippen molar-refractivity contribution in [1.29, 1.82) is 0 Å². The Kier molecular flexibility index (Phi) is 6.02. The average molecular weight is 275 g/mol. The van der Waals surface area contributed by atoms with Gasteiger partial charge in [-0.05, 0) is 37.1 Å². The van der Waals surface area contributed by atoms with E-state index in [1.807, 2.05) is 0 Å². The van der Waals surface area contributed by atoms with Crippen molar-refractivity contribution in [2.24, 2.45) is 5.73 Å². The molecular weight excluding hydrogens is 250 g/mol. The molecule has 1 aromatic rings. The van der Waals surface area contributed by atoms with Crippen LogP contribution in [-0.4, -0.2) is 30.4 Å². The van der Waals surface area contributed by atoms with Crippen LogP contribution in [0.4, 0.5) is 0 Å². The summed E-state index contributed by atoms with van der Waals surface area (Å²) in [5.41, 5.74) is 7.72. The number of carbonyl (C=O) groups is 1. The monoisotopic (exact) mass is 275 g/mol. The van der Waals surface area contributed by atoms with Crippen LogP contribution >= 0.6 is 0 Å². The number of hydrogen-bond donors (Lipinski definition) is 2. The molecule has 20 heavy (non-hydrogen) atoms. The summed E-state index contributed by atoms with van der Waals surface area (Å²) >= 11 is 0. The summed E-state index contributed by atoms with van der Waals surface area (Å²) in [4.78, 5) is 13.6. The molecule has 0 radical (unpaired) electrons. The van der Waals surface area contributed by atoms with Gasteiger partial charge in [-0.1, -0.05) is 37.1 Å². The van der Waals surface area contributed by atoms with Gasteiger partial charge in [0.25, 0.3) is 0 Å². The van der Waals surface area contributed by atoms with E-state index in [9.17, 15) is 4.79 Å². The molecule has 1 heterocycles.